The highest BCUT2D eigenvalue weighted by Crippen LogP contribution is 2.24. The average Bonchev–Trinajstić information content (AvgIpc) is 2.18. The van der Waals surface area contributed by atoms with Gasteiger partial charge in [-0.05, 0) is 13.0 Å². The Kier molecular flexibility index (Phi) is 2.22. The van der Waals surface area contributed by atoms with Gasteiger partial charge in [-0.25, -0.2) is 0 Å². The standard InChI is InChI=1S/C7H9OS/c1-3-9-7-4-5-8-6(7)2/h3-5H,1-2H3. The summed E-state index contributed by atoms with van der Waals surface area (Å²) in [6.07, 6.45) is 1.71. The first kappa shape index (κ1) is 6.75. The molecule has 0 N–H and O–H groups in total. The molecule has 0 unspecified atom stereocenters. The third-order valence-electron chi connectivity index (χ3n) is 1.06. The Bertz CT molecular complexity index is 181. The molecule has 0 atom stereocenters. The molecule has 0 saturated carbocycles. The van der Waals surface area contributed by atoms with Gasteiger partial charge in [0.1, 0.15) is 5.76 Å². The minimum absolute atomic E-state index is 0.998. The Balaban J connectivity index is 2.69. The predicted octanol–water partition coefficient (Wildman–Crippen LogP) is 2.86. The van der Waals surface area contributed by atoms with Crippen LogP contribution in [0.15, 0.2) is 21.6 Å². The molecule has 9 heavy (non-hydrogen) atoms. The highest BCUT2D eigenvalue weighted by Gasteiger charge is 1.97. The summed E-state index contributed by atoms with van der Waals surface area (Å²) in [6, 6.07) is 1.97. The van der Waals surface area contributed by atoms with E-state index in [0.29, 0.717) is 0 Å². The molecule has 0 bridgehead atoms. The van der Waals surface area contributed by atoms with Gasteiger partial charge in [0, 0.05) is 10.6 Å². The van der Waals surface area contributed by atoms with Gasteiger partial charge in [-0.1, -0.05) is 6.92 Å². The second kappa shape index (κ2) is 2.97. The largest absolute Gasteiger partial charge is 0.468 e. The third-order valence-corrected chi connectivity index (χ3v) is 1.97. The lowest BCUT2D eigenvalue weighted by Gasteiger charge is -1.90. The van der Waals surface area contributed by atoms with E-state index < -0.39 is 0 Å². The van der Waals surface area contributed by atoms with Crippen LogP contribution in [0.25, 0.3) is 0 Å². The highest BCUT2D eigenvalue weighted by molar-refractivity contribution is 8.01. The third kappa shape index (κ3) is 1.52. The summed E-state index contributed by atoms with van der Waals surface area (Å²) >= 11 is 1.69. The molecule has 0 saturated heterocycles. The normalized spacial score (nSPS) is 10.0. The van der Waals surface area contributed by atoms with E-state index in [1.807, 2.05) is 25.7 Å². The maximum absolute atomic E-state index is 5.08. The van der Waals surface area contributed by atoms with Gasteiger partial charge in [-0.2, -0.15) is 0 Å². The zero-order valence-corrected chi connectivity index (χ0v) is 6.37. The fraction of sp³-hybridized carbons (Fsp3) is 0.286. The summed E-state index contributed by atoms with van der Waals surface area (Å²) in [5, 5.41) is 0. The summed E-state index contributed by atoms with van der Waals surface area (Å²) < 4.78 is 5.08. The van der Waals surface area contributed by atoms with Gasteiger partial charge >= 0.3 is 0 Å². The number of aryl methyl sites for hydroxylation is 1. The summed E-state index contributed by atoms with van der Waals surface area (Å²) in [4.78, 5) is 1.21. The van der Waals surface area contributed by atoms with Crippen molar-refractivity contribution >= 4 is 11.8 Å². The summed E-state index contributed by atoms with van der Waals surface area (Å²) in [7, 11) is 0. The van der Waals surface area contributed by atoms with Crippen LogP contribution in [0.4, 0.5) is 0 Å². The molecule has 0 aliphatic rings. The van der Waals surface area contributed by atoms with Crippen molar-refractivity contribution in [2.24, 2.45) is 0 Å². The Morgan fingerprint density at radius 2 is 2.44 bits per heavy atom. The number of thioether (sulfide) groups is 1. The van der Waals surface area contributed by atoms with E-state index in [4.69, 9.17) is 4.42 Å². The molecule has 0 spiro atoms. The Hall–Kier alpha value is -0.370. The maximum atomic E-state index is 5.08. The second-order valence-corrected chi connectivity index (χ2v) is 2.84. The molecule has 1 radical (unpaired) electrons. The molecule has 1 rings (SSSR count). The molecule has 1 aromatic heterocycles. The summed E-state index contributed by atoms with van der Waals surface area (Å²) in [5.74, 6) is 3.04. The number of hydrogen-bond donors (Lipinski definition) is 0. The highest BCUT2D eigenvalue weighted by atomic mass is 32.2. The van der Waals surface area contributed by atoms with Crippen LogP contribution in [-0.4, -0.2) is 0 Å². The van der Waals surface area contributed by atoms with Crippen molar-refractivity contribution in [3.8, 4) is 0 Å². The SMILES string of the molecule is C[CH]Sc1ccoc1C. The van der Waals surface area contributed by atoms with Gasteiger partial charge < -0.3 is 4.42 Å². The molecule has 0 fully saturated rings. The molecule has 1 nitrogen and oxygen atoms in total. The van der Waals surface area contributed by atoms with Crippen LogP contribution in [0.1, 0.15) is 12.7 Å². The van der Waals surface area contributed by atoms with Crippen LogP contribution in [0.2, 0.25) is 0 Å². The molecule has 0 aliphatic carbocycles. The molecular weight excluding hydrogens is 132 g/mol. The zero-order chi connectivity index (χ0) is 6.69. The lowest BCUT2D eigenvalue weighted by molar-refractivity contribution is 0.527. The Morgan fingerprint density at radius 3 is 2.89 bits per heavy atom. The van der Waals surface area contributed by atoms with Crippen molar-refractivity contribution in [2.75, 3.05) is 0 Å². The van der Waals surface area contributed by atoms with Crippen LogP contribution in [-0.2, 0) is 0 Å². The number of rotatable bonds is 2. The molecule has 0 amide bonds. The lowest BCUT2D eigenvalue weighted by atomic mass is 10.5. The zero-order valence-electron chi connectivity index (χ0n) is 5.55. The summed E-state index contributed by atoms with van der Waals surface area (Å²) in [6.45, 7) is 3.98. The maximum Gasteiger partial charge on any atom is 0.114 e. The Labute approximate surface area is 59.4 Å². The van der Waals surface area contributed by atoms with Crippen LogP contribution in [0.3, 0.4) is 0 Å². The van der Waals surface area contributed by atoms with Gasteiger partial charge in [-0.3, -0.25) is 0 Å². The second-order valence-electron chi connectivity index (χ2n) is 1.69. The summed E-state index contributed by atoms with van der Waals surface area (Å²) in [5.41, 5.74) is 0. The lowest BCUT2D eigenvalue weighted by Crippen LogP contribution is -1.65. The monoisotopic (exact) mass is 141 g/mol. The molecule has 0 aliphatic heterocycles. The van der Waals surface area contributed by atoms with Crippen LogP contribution in [0.5, 0.6) is 0 Å². The minimum Gasteiger partial charge on any atom is -0.468 e. The van der Waals surface area contributed by atoms with E-state index in [9.17, 15) is 0 Å². The fourth-order valence-corrected chi connectivity index (χ4v) is 1.22. The van der Waals surface area contributed by atoms with E-state index in [1.54, 1.807) is 18.0 Å². The van der Waals surface area contributed by atoms with Crippen molar-refractivity contribution in [1.29, 1.82) is 0 Å². The van der Waals surface area contributed by atoms with E-state index in [1.165, 1.54) is 4.90 Å². The van der Waals surface area contributed by atoms with Gasteiger partial charge in [0.25, 0.3) is 0 Å². The van der Waals surface area contributed by atoms with Crippen molar-refractivity contribution in [2.45, 2.75) is 18.7 Å². The van der Waals surface area contributed by atoms with Crippen molar-refractivity contribution in [1.82, 2.24) is 0 Å². The van der Waals surface area contributed by atoms with Crippen LogP contribution >= 0.6 is 11.8 Å². The first-order valence-corrected chi connectivity index (χ1v) is 3.71. The first-order valence-electron chi connectivity index (χ1n) is 2.83. The number of furan rings is 1. The first-order chi connectivity index (χ1) is 4.34. The molecule has 1 heterocycles. The van der Waals surface area contributed by atoms with Crippen LogP contribution < -0.4 is 0 Å². The van der Waals surface area contributed by atoms with Crippen molar-refractivity contribution < 1.29 is 4.42 Å². The van der Waals surface area contributed by atoms with Crippen molar-refractivity contribution in [3.63, 3.8) is 0 Å². The molecule has 2 heteroatoms. The minimum atomic E-state index is 0.998. The van der Waals surface area contributed by atoms with E-state index in [0.717, 1.165) is 5.76 Å². The van der Waals surface area contributed by atoms with Crippen LogP contribution in [0, 0.1) is 12.7 Å². The smallest absolute Gasteiger partial charge is 0.114 e. The van der Waals surface area contributed by atoms with Crippen molar-refractivity contribution in [3.05, 3.63) is 23.8 Å². The molecular formula is C7H9OS. The van der Waals surface area contributed by atoms with Gasteiger partial charge in [0.05, 0.1) is 6.26 Å². The van der Waals surface area contributed by atoms with Gasteiger partial charge in [-0.15, -0.1) is 11.8 Å². The van der Waals surface area contributed by atoms with E-state index in [2.05, 4.69) is 0 Å². The quantitative estimate of drug-likeness (QED) is 0.587. The van der Waals surface area contributed by atoms with E-state index in [-0.39, 0.29) is 0 Å². The van der Waals surface area contributed by atoms with E-state index >= 15 is 0 Å². The molecule has 0 aromatic carbocycles. The topological polar surface area (TPSA) is 13.1 Å². The molecule has 49 valence electrons. The molecule has 1 aromatic rings. The Morgan fingerprint density at radius 1 is 1.67 bits per heavy atom. The number of hydrogen-bond acceptors (Lipinski definition) is 2. The van der Waals surface area contributed by atoms with Gasteiger partial charge in [0.2, 0.25) is 0 Å². The van der Waals surface area contributed by atoms with Gasteiger partial charge in [0.15, 0.2) is 0 Å². The predicted molar refractivity (Wildman–Crippen MR) is 39.3 cm³/mol. The average molecular weight is 141 g/mol. The fourth-order valence-electron chi connectivity index (χ4n) is 0.623.